The van der Waals surface area contributed by atoms with E-state index in [1.165, 1.54) is 6.07 Å². The molecular weight excluding hydrogens is 371 g/mol. The van der Waals surface area contributed by atoms with Gasteiger partial charge in [0.25, 0.3) is 5.91 Å². The Morgan fingerprint density at radius 2 is 1.79 bits per heavy atom. The van der Waals surface area contributed by atoms with Gasteiger partial charge in [0.05, 0.1) is 16.9 Å². The maximum Gasteiger partial charge on any atom is 0.274 e. The molecule has 28 heavy (non-hydrogen) atoms. The van der Waals surface area contributed by atoms with E-state index < -0.39 is 29.0 Å². The lowest BCUT2D eigenvalue weighted by molar-refractivity contribution is 0.102. The third-order valence-electron chi connectivity index (χ3n) is 3.66. The molecule has 0 saturated carbocycles. The Bertz CT molecular complexity index is 1110. The second-order valence-electron chi connectivity index (χ2n) is 5.68. The van der Waals surface area contributed by atoms with E-state index in [0.29, 0.717) is 23.0 Å². The zero-order valence-electron chi connectivity index (χ0n) is 14.4. The number of carbonyl (C=O) groups excluding carboxylic acids is 1. The van der Waals surface area contributed by atoms with Crippen molar-refractivity contribution < 1.29 is 18.0 Å². The summed E-state index contributed by atoms with van der Waals surface area (Å²) in [6, 6.07) is 11.6. The van der Waals surface area contributed by atoms with Gasteiger partial charge in [-0.1, -0.05) is 12.1 Å². The molecule has 1 amide bonds. The molecule has 0 bridgehead atoms. The fraction of sp³-hybridized carbons (Fsp3) is 0.0526. The van der Waals surface area contributed by atoms with Crippen LogP contribution in [0, 0.1) is 35.7 Å². The minimum atomic E-state index is -1.69. The number of nitriles is 1. The van der Waals surface area contributed by atoms with Crippen LogP contribution in [0.25, 0.3) is 0 Å². The molecule has 1 heterocycles. The lowest BCUT2D eigenvalue weighted by Gasteiger charge is -2.10. The number of halogens is 3. The fourth-order valence-corrected chi connectivity index (χ4v) is 2.36. The monoisotopic (exact) mass is 383 g/mol. The Morgan fingerprint density at radius 1 is 1.04 bits per heavy atom. The molecule has 2 aromatic carbocycles. The summed E-state index contributed by atoms with van der Waals surface area (Å²) in [7, 11) is 0. The van der Waals surface area contributed by atoms with Crippen LogP contribution in [0.5, 0.6) is 0 Å². The fourth-order valence-electron chi connectivity index (χ4n) is 2.36. The SMILES string of the molecule is Cc1cc(C(=O)Nc2ccc(F)c(F)c2F)nc(Nc2ccccc2C#N)n1. The Kier molecular flexibility index (Phi) is 5.22. The molecule has 2 N–H and O–H groups in total. The summed E-state index contributed by atoms with van der Waals surface area (Å²) in [6.45, 7) is 1.61. The number of nitrogens with one attached hydrogen (secondary N) is 2. The molecule has 0 aliphatic rings. The molecule has 3 aromatic rings. The lowest BCUT2D eigenvalue weighted by atomic mass is 10.2. The largest absolute Gasteiger partial charge is 0.323 e. The average molecular weight is 383 g/mol. The highest BCUT2D eigenvalue weighted by molar-refractivity contribution is 6.03. The number of rotatable bonds is 4. The van der Waals surface area contributed by atoms with E-state index in [4.69, 9.17) is 5.26 Å². The van der Waals surface area contributed by atoms with Gasteiger partial charge in [0.1, 0.15) is 11.8 Å². The molecule has 6 nitrogen and oxygen atoms in total. The summed E-state index contributed by atoms with van der Waals surface area (Å²) in [6.07, 6.45) is 0. The van der Waals surface area contributed by atoms with Gasteiger partial charge in [-0.05, 0) is 37.3 Å². The van der Waals surface area contributed by atoms with Crippen LogP contribution >= 0.6 is 0 Å². The minimum Gasteiger partial charge on any atom is -0.323 e. The first-order valence-electron chi connectivity index (χ1n) is 7.95. The van der Waals surface area contributed by atoms with Gasteiger partial charge in [0.2, 0.25) is 5.95 Å². The van der Waals surface area contributed by atoms with Gasteiger partial charge in [0, 0.05) is 5.69 Å². The Morgan fingerprint density at radius 3 is 2.54 bits per heavy atom. The van der Waals surface area contributed by atoms with Crippen molar-refractivity contribution in [3.05, 3.63) is 76.9 Å². The third kappa shape index (κ3) is 3.91. The van der Waals surface area contributed by atoms with Crippen molar-refractivity contribution in [2.45, 2.75) is 6.92 Å². The molecule has 0 spiro atoms. The summed E-state index contributed by atoms with van der Waals surface area (Å²) in [5, 5.41) is 14.1. The van der Waals surface area contributed by atoms with Crippen molar-refractivity contribution in [3.63, 3.8) is 0 Å². The quantitative estimate of drug-likeness (QED) is 0.663. The Balaban J connectivity index is 1.88. The van der Waals surface area contributed by atoms with Crippen molar-refractivity contribution in [2.24, 2.45) is 0 Å². The number of amides is 1. The van der Waals surface area contributed by atoms with Crippen molar-refractivity contribution in [1.29, 1.82) is 5.26 Å². The molecule has 1 aromatic heterocycles. The van der Waals surface area contributed by atoms with E-state index in [2.05, 4.69) is 20.6 Å². The zero-order valence-corrected chi connectivity index (χ0v) is 14.4. The first-order valence-corrected chi connectivity index (χ1v) is 7.95. The molecule has 0 aliphatic heterocycles. The van der Waals surface area contributed by atoms with Crippen LogP contribution in [-0.4, -0.2) is 15.9 Å². The molecule has 0 atom stereocenters. The number of benzene rings is 2. The topological polar surface area (TPSA) is 90.7 Å². The highest BCUT2D eigenvalue weighted by Crippen LogP contribution is 2.21. The van der Waals surface area contributed by atoms with Gasteiger partial charge in [-0.15, -0.1) is 0 Å². The van der Waals surface area contributed by atoms with Crippen LogP contribution in [0.1, 0.15) is 21.7 Å². The highest BCUT2D eigenvalue weighted by Gasteiger charge is 2.17. The maximum atomic E-state index is 13.8. The van der Waals surface area contributed by atoms with Gasteiger partial charge < -0.3 is 10.6 Å². The first-order chi connectivity index (χ1) is 13.4. The molecule has 3 rings (SSSR count). The molecular formula is C19H12F3N5O. The van der Waals surface area contributed by atoms with Crippen molar-refractivity contribution >= 4 is 23.2 Å². The summed E-state index contributed by atoms with van der Waals surface area (Å²) >= 11 is 0. The van der Waals surface area contributed by atoms with E-state index in [0.717, 1.165) is 6.07 Å². The van der Waals surface area contributed by atoms with E-state index in [9.17, 15) is 18.0 Å². The van der Waals surface area contributed by atoms with Gasteiger partial charge in [-0.25, -0.2) is 23.1 Å². The first kappa shape index (κ1) is 18.8. The predicted molar refractivity (Wildman–Crippen MR) is 95.5 cm³/mol. The van der Waals surface area contributed by atoms with E-state index >= 15 is 0 Å². The molecule has 0 unspecified atom stereocenters. The number of nitrogens with zero attached hydrogens (tertiary/aromatic N) is 3. The third-order valence-corrected chi connectivity index (χ3v) is 3.66. The number of hydrogen-bond donors (Lipinski definition) is 2. The molecule has 9 heteroatoms. The van der Waals surface area contributed by atoms with Crippen LogP contribution in [-0.2, 0) is 0 Å². The molecule has 140 valence electrons. The number of carbonyl (C=O) groups is 1. The van der Waals surface area contributed by atoms with Crippen LogP contribution in [0.3, 0.4) is 0 Å². The predicted octanol–water partition coefficient (Wildman–Crippen LogP) is 4.07. The van der Waals surface area contributed by atoms with Crippen molar-refractivity contribution in [2.75, 3.05) is 10.6 Å². The second kappa shape index (κ2) is 7.75. The summed E-state index contributed by atoms with van der Waals surface area (Å²) in [4.78, 5) is 20.6. The van der Waals surface area contributed by atoms with E-state index in [-0.39, 0.29) is 11.6 Å². The van der Waals surface area contributed by atoms with Crippen LogP contribution in [0.15, 0.2) is 42.5 Å². The number of anilines is 3. The van der Waals surface area contributed by atoms with Gasteiger partial charge in [-0.3, -0.25) is 4.79 Å². The number of hydrogen-bond acceptors (Lipinski definition) is 5. The minimum absolute atomic E-state index is 0.0404. The van der Waals surface area contributed by atoms with Crippen LogP contribution in [0.4, 0.5) is 30.5 Å². The molecule has 0 aliphatic carbocycles. The van der Waals surface area contributed by atoms with Crippen molar-refractivity contribution in [1.82, 2.24) is 9.97 Å². The standard InChI is InChI=1S/C19H12F3N5O/c1-10-8-15(18(28)25-14-7-6-12(20)16(21)17(14)22)27-19(24-10)26-13-5-3-2-4-11(13)9-23/h2-8H,1H3,(H,25,28)(H,24,26,27). The Hall–Kier alpha value is -3.93. The average Bonchev–Trinajstić information content (AvgIpc) is 2.68. The summed E-state index contributed by atoms with van der Waals surface area (Å²) in [5.74, 6) is -5.37. The zero-order chi connectivity index (χ0) is 20.3. The van der Waals surface area contributed by atoms with E-state index in [1.807, 2.05) is 6.07 Å². The second-order valence-corrected chi connectivity index (χ2v) is 5.68. The molecule has 0 radical (unpaired) electrons. The van der Waals surface area contributed by atoms with Crippen molar-refractivity contribution in [3.8, 4) is 6.07 Å². The molecule has 0 fully saturated rings. The number of aromatic nitrogens is 2. The smallest absolute Gasteiger partial charge is 0.274 e. The van der Waals surface area contributed by atoms with Gasteiger partial charge in [0.15, 0.2) is 17.5 Å². The van der Waals surface area contributed by atoms with Gasteiger partial charge in [-0.2, -0.15) is 5.26 Å². The highest BCUT2D eigenvalue weighted by atomic mass is 19.2. The number of para-hydroxylation sites is 1. The van der Waals surface area contributed by atoms with Crippen LogP contribution in [0.2, 0.25) is 0 Å². The maximum absolute atomic E-state index is 13.8. The normalized spacial score (nSPS) is 10.2. The Labute approximate surface area is 157 Å². The van der Waals surface area contributed by atoms with E-state index in [1.54, 1.807) is 31.2 Å². The van der Waals surface area contributed by atoms with Gasteiger partial charge >= 0.3 is 0 Å². The number of aryl methyl sites for hydroxylation is 1. The molecule has 0 saturated heterocycles. The summed E-state index contributed by atoms with van der Waals surface area (Å²) in [5.41, 5.74) is 0.553. The van der Waals surface area contributed by atoms with Crippen LogP contribution < -0.4 is 10.6 Å². The lowest BCUT2D eigenvalue weighted by Crippen LogP contribution is -2.17. The summed E-state index contributed by atoms with van der Waals surface area (Å²) < 4.78 is 40.1.